The average Bonchev–Trinajstić information content (AvgIpc) is 2.39. The minimum Gasteiger partial charge on any atom is -0.494 e. The van der Waals surface area contributed by atoms with Gasteiger partial charge in [-0.1, -0.05) is 0 Å². The molecular formula is C14H14N2O2. The first kappa shape index (κ1) is 12.2. The van der Waals surface area contributed by atoms with Crippen molar-refractivity contribution in [3.63, 3.8) is 0 Å². The van der Waals surface area contributed by atoms with E-state index < -0.39 is 0 Å². The molecule has 0 bridgehead atoms. The lowest BCUT2D eigenvalue weighted by molar-refractivity contribution is 0.340. The summed E-state index contributed by atoms with van der Waals surface area (Å²) in [7, 11) is 0. The molecule has 0 aliphatic rings. The highest BCUT2D eigenvalue weighted by molar-refractivity contribution is 5.80. The summed E-state index contributed by atoms with van der Waals surface area (Å²) in [4.78, 5) is 11.8. The largest absolute Gasteiger partial charge is 0.494 e. The van der Waals surface area contributed by atoms with E-state index in [0.29, 0.717) is 30.7 Å². The van der Waals surface area contributed by atoms with Gasteiger partial charge in [-0.05, 0) is 25.1 Å². The van der Waals surface area contributed by atoms with Gasteiger partial charge in [0.05, 0.1) is 24.6 Å². The molecule has 0 fully saturated rings. The number of aryl methyl sites for hydroxylation is 1. The van der Waals surface area contributed by atoms with Crippen molar-refractivity contribution in [1.29, 1.82) is 5.26 Å². The van der Waals surface area contributed by atoms with Crippen LogP contribution in [-0.2, 0) is 6.54 Å². The second-order valence-electron chi connectivity index (χ2n) is 3.89. The van der Waals surface area contributed by atoms with E-state index in [-0.39, 0.29) is 5.43 Å². The average molecular weight is 242 g/mol. The molecule has 0 amide bonds. The fourth-order valence-corrected chi connectivity index (χ4v) is 1.91. The summed E-state index contributed by atoms with van der Waals surface area (Å²) in [5, 5.41) is 9.25. The Morgan fingerprint density at radius 3 is 2.94 bits per heavy atom. The zero-order chi connectivity index (χ0) is 13.0. The number of hydrogen-bond donors (Lipinski definition) is 0. The second-order valence-corrected chi connectivity index (χ2v) is 3.89. The van der Waals surface area contributed by atoms with Gasteiger partial charge in [-0.3, -0.25) is 4.79 Å². The summed E-state index contributed by atoms with van der Waals surface area (Å²) in [5.74, 6) is 0.695. The highest BCUT2D eigenvalue weighted by atomic mass is 16.5. The number of ether oxygens (including phenoxy) is 1. The molecule has 0 saturated heterocycles. The van der Waals surface area contributed by atoms with Gasteiger partial charge in [-0.25, -0.2) is 0 Å². The monoisotopic (exact) mass is 242 g/mol. The number of nitrogens with zero attached hydrogens (tertiary/aromatic N) is 2. The third-order valence-corrected chi connectivity index (χ3v) is 2.72. The smallest absolute Gasteiger partial charge is 0.189 e. The van der Waals surface area contributed by atoms with Crippen LogP contribution >= 0.6 is 0 Å². The minimum absolute atomic E-state index is 0.0280. The van der Waals surface area contributed by atoms with E-state index in [9.17, 15) is 4.79 Å². The van der Waals surface area contributed by atoms with E-state index in [4.69, 9.17) is 10.00 Å². The minimum atomic E-state index is -0.0280. The molecule has 2 rings (SSSR count). The lowest BCUT2D eigenvalue weighted by Crippen LogP contribution is -2.08. The van der Waals surface area contributed by atoms with Crippen LogP contribution < -0.4 is 10.2 Å². The number of benzene rings is 1. The summed E-state index contributed by atoms with van der Waals surface area (Å²) < 4.78 is 7.30. The molecule has 0 aliphatic carbocycles. The van der Waals surface area contributed by atoms with Crippen molar-refractivity contribution in [2.75, 3.05) is 6.61 Å². The van der Waals surface area contributed by atoms with Gasteiger partial charge in [0, 0.05) is 24.2 Å². The van der Waals surface area contributed by atoms with Gasteiger partial charge in [0.2, 0.25) is 0 Å². The van der Waals surface area contributed by atoms with Gasteiger partial charge in [0.15, 0.2) is 5.43 Å². The van der Waals surface area contributed by atoms with Gasteiger partial charge in [-0.15, -0.1) is 0 Å². The zero-order valence-corrected chi connectivity index (χ0v) is 10.2. The van der Waals surface area contributed by atoms with Crippen molar-refractivity contribution in [3.8, 4) is 11.8 Å². The molecular weight excluding hydrogens is 228 g/mol. The van der Waals surface area contributed by atoms with Crippen LogP contribution in [0.5, 0.6) is 5.75 Å². The summed E-state index contributed by atoms with van der Waals surface area (Å²) in [6.45, 7) is 3.06. The SMILES string of the molecule is CCOc1ccc2c(c1)c(=O)ccn2CCC#N. The Kier molecular flexibility index (Phi) is 3.63. The van der Waals surface area contributed by atoms with Gasteiger partial charge in [0.25, 0.3) is 0 Å². The molecule has 1 aromatic carbocycles. The van der Waals surface area contributed by atoms with Crippen LogP contribution in [0.25, 0.3) is 10.9 Å². The third-order valence-electron chi connectivity index (χ3n) is 2.72. The molecule has 4 nitrogen and oxygen atoms in total. The normalized spacial score (nSPS) is 10.2. The number of rotatable bonds is 4. The number of nitriles is 1. The van der Waals surface area contributed by atoms with Crippen molar-refractivity contribution >= 4 is 10.9 Å². The summed E-state index contributed by atoms with van der Waals surface area (Å²) >= 11 is 0. The molecule has 0 atom stereocenters. The fraction of sp³-hybridized carbons (Fsp3) is 0.286. The van der Waals surface area contributed by atoms with Crippen LogP contribution in [0.1, 0.15) is 13.3 Å². The molecule has 0 radical (unpaired) electrons. The van der Waals surface area contributed by atoms with E-state index in [1.54, 1.807) is 12.3 Å². The number of hydrogen-bond acceptors (Lipinski definition) is 3. The first-order chi connectivity index (χ1) is 8.76. The van der Waals surface area contributed by atoms with Gasteiger partial charge < -0.3 is 9.30 Å². The molecule has 4 heteroatoms. The van der Waals surface area contributed by atoms with Crippen molar-refractivity contribution in [2.45, 2.75) is 19.9 Å². The third kappa shape index (κ3) is 2.35. The number of aromatic nitrogens is 1. The van der Waals surface area contributed by atoms with Crippen molar-refractivity contribution < 1.29 is 4.74 Å². The standard InChI is InChI=1S/C14H14N2O2/c1-2-18-11-4-5-13-12(10-11)14(17)6-9-16(13)8-3-7-15/h4-6,9-10H,2-3,8H2,1H3. The topological polar surface area (TPSA) is 55.0 Å². The predicted octanol–water partition coefficient (Wildman–Crippen LogP) is 2.31. The lowest BCUT2D eigenvalue weighted by atomic mass is 10.2. The van der Waals surface area contributed by atoms with Crippen LogP contribution in [0.3, 0.4) is 0 Å². The molecule has 92 valence electrons. The Balaban J connectivity index is 2.54. The van der Waals surface area contributed by atoms with Crippen LogP contribution in [0.15, 0.2) is 35.3 Å². The molecule has 1 aromatic heterocycles. The maximum atomic E-state index is 11.8. The van der Waals surface area contributed by atoms with E-state index >= 15 is 0 Å². The Labute approximate surface area is 105 Å². The van der Waals surface area contributed by atoms with Crippen molar-refractivity contribution in [2.24, 2.45) is 0 Å². The number of fused-ring (bicyclic) bond motifs is 1. The van der Waals surface area contributed by atoms with Crippen LogP contribution in [0, 0.1) is 11.3 Å². The van der Waals surface area contributed by atoms with Crippen molar-refractivity contribution in [3.05, 3.63) is 40.7 Å². The van der Waals surface area contributed by atoms with Crippen LogP contribution in [0.2, 0.25) is 0 Å². The quantitative estimate of drug-likeness (QED) is 0.826. The molecule has 0 spiro atoms. The van der Waals surface area contributed by atoms with E-state index in [2.05, 4.69) is 6.07 Å². The Morgan fingerprint density at radius 1 is 1.39 bits per heavy atom. The zero-order valence-electron chi connectivity index (χ0n) is 10.2. The summed E-state index contributed by atoms with van der Waals surface area (Å²) in [6, 6.07) is 9.08. The van der Waals surface area contributed by atoms with Crippen LogP contribution in [0.4, 0.5) is 0 Å². The van der Waals surface area contributed by atoms with E-state index in [1.165, 1.54) is 6.07 Å². The first-order valence-electron chi connectivity index (χ1n) is 5.89. The van der Waals surface area contributed by atoms with Gasteiger partial charge >= 0.3 is 0 Å². The van der Waals surface area contributed by atoms with Crippen LogP contribution in [-0.4, -0.2) is 11.2 Å². The molecule has 0 aliphatic heterocycles. The Bertz CT molecular complexity index is 653. The van der Waals surface area contributed by atoms with E-state index in [1.807, 2.05) is 23.6 Å². The Morgan fingerprint density at radius 2 is 2.22 bits per heavy atom. The van der Waals surface area contributed by atoms with Gasteiger partial charge in [-0.2, -0.15) is 5.26 Å². The fourth-order valence-electron chi connectivity index (χ4n) is 1.91. The number of pyridine rings is 1. The second kappa shape index (κ2) is 5.37. The molecule has 18 heavy (non-hydrogen) atoms. The predicted molar refractivity (Wildman–Crippen MR) is 69.6 cm³/mol. The summed E-state index contributed by atoms with van der Waals surface area (Å²) in [5.41, 5.74) is 0.806. The first-order valence-corrected chi connectivity index (χ1v) is 5.89. The molecule has 0 saturated carbocycles. The molecule has 0 N–H and O–H groups in total. The highest BCUT2D eigenvalue weighted by Crippen LogP contribution is 2.18. The highest BCUT2D eigenvalue weighted by Gasteiger charge is 2.04. The maximum absolute atomic E-state index is 11.8. The molecule has 1 heterocycles. The lowest BCUT2D eigenvalue weighted by Gasteiger charge is -2.10. The van der Waals surface area contributed by atoms with E-state index in [0.717, 1.165) is 5.52 Å². The maximum Gasteiger partial charge on any atom is 0.189 e. The molecule has 2 aromatic rings. The van der Waals surface area contributed by atoms with Crippen molar-refractivity contribution in [1.82, 2.24) is 4.57 Å². The summed E-state index contributed by atoms with van der Waals surface area (Å²) in [6.07, 6.45) is 2.15. The molecule has 0 unspecified atom stereocenters. The Hall–Kier alpha value is -2.28. The van der Waals surface area contributed by atoms with Gasteiger partial charge in [0.1, 0.15) is 5.75 Å².